The molecule has 2 amide bonds. The minimum absolute atomic E-state index is 0.0846. The molecule has 0 radical (unpaired) electrons. The summed E-state index contributed by atoms with van der Waals surface area (Å²) in [6.07, 6.45) is 0.321. The molecule has 4 rings (SSSR count). The Morgan fingerprint density at radius 2 is 1.93 bits per heavy atom. The molecule has 29 heavy (non-hydrogen) atoms. The minimum Gasteiger partial charge on any atom is -0.326 e. The van der Waals surface area contributed by atoms with Crippen LogP contribution < -0.4 is 10.6 Å². The summed E-state index contributed by atoms with van der Waals surface area (Å²) in [5, 5.41) is 9.88. The van der Waals surface area contributed by atoms with E-state index in [9.17, 15) is 14.4 Å². The average Bonchev–Trinajstić information content (AvgIpc) is 3.18. The van der Waals surface area contributed by atoms with Gasteiger partial charge in [-0.3, -0.25) is 19.1 Å². The van der Waals surface area contributed by atoms with Gasteiger partial charge >= 0.3 is 0 Å². The van der Waals surface area contributed by atoms with E-state index in [1.54, 1.807) is 56.4 Å². The molecular weight excluding hydrogens is 392 g/mol. The van der Waals surface area contributed by atoms with E-state index in [4.69, 9.17) is 11.6 Å². The fourth-order valence-electron chi connectivity index (χ4n) is 3.34. The number of amides is 2. The third kappa shape index (κ3) is 3.52. The van der Waals surface area contributed by atoms with Crippen molar-refractivity contribution in [1.82, 2.24) is 9.78 Å². The van der Waals surface area contributed by atoms with Crippen LogP contribution in [0.1, 0.15) is 37.5 Å². The highest BCUT2D eigenvalue weighted by Gasteiger charge is 2.21. The quantitative estimate of drug-likeness (QED) is 0.647. The van der Waals surface area contributed by atoms with Crippen LogP contribution in [0, 0.1) is 6.92 Å². The number of benzene rings is 2. The van der Waals surface area contributed by atoms with Crippen molar-refractivity contribution in [3.8, 4) is 0 Å². The van der Waals surface area contributed by atoms with E-state index >= 15 is 0 Å². The molecule has 3 aromatic rings. The number of aromatic nitrogens is 2. The molecule has 146 valence electrons. The number of carbonyl (C=O) groups is 3. The van der Waals surface area contributed by atoms with Gasteiger partial charge in [-0.25, -0.2) is 0 Å². The summed E-state index contributed by atoms with van der Waals surface area (Å²) in [5.41, 5.74) is 3.68. The van der Waals surface area contributed by atoms with Crippen molar-refractivity contribution >= 4 is 40.6 Å². The van der Waals surface area contributed by atoms with Gasteiger partial charge in [0.25, 0.3) is 5.91 Å². The van der Waals surface area contributed by atoms with E-state index in [2.05, 4.69) is 15.7 Å². The summed E-state index contributed by atoms with van der Waals surface area (Å²) in [6, 6.07) is 11.8. The maximum atomic E-state index is 12.9. The fraction of sp³-hybridized carbons (Fsp3) is 0.143. The number of anilines is 2. The Balaban J connectivity index is 1.57. The van der Waals surface area contributed by atoms with Crippen LogP contribution in [0.3, 0.4) is 0 Å². The van der Waals surface area contributed by atoms with Crippen molar-refractivity contribution in [2.75, 3.05) is 10.6 Å². The predicted molar refractivity (Wildman–Crippen MR) is 110 cm³/mol. The summed E-state index contributed by atoms with van der Waals surface area (Å²) in [6.45, 7) is 1.70. The number of hydrogen-bond acceptors (Lipinski definition) is 4. The molecule has 0 saturated carbocycles. The number of rotatable bonds is 4. The highest BCUT2D eigenvalue weighted by Crippen LogP contribution is 2.26. The molecule has 1 aromatic heterocycles. The first-order chi connectivity index (χ1) is 13.8. The molecule has 0 fully saturated rings. The number of fused-ring (bicyclic) bond motifs is 1. The maximum Gasteiger partial charge on any atom is 0.260 e. The molecule has 7 nitrogen and oxygen atoms in total. The molecule has 0 atom stereocenters. The zero-order chi connectivity index (χ0) is 20.7. The predicted octanol–water partition coefficient (Wildman–Crippen LogP) is 3.36. The summed E-state index contributed by atoms with van der Waals surface area (Å²) >= 11 is 6.15. The summed E-state index contributed by atoms with van der Waals surface area (Å²) < 4.78 is 1.43. The second-order valence-electron chi connectivity index (χ2n) is 6.84. The number of hydrogen-bond donors (Lipinski definition) is 2. The largest absolute Gasteiger partial charge is 0.326 e. The molecule has 1 aliphatic heterocycles. The number of carbonyl (C=O) groups excluding carboxylic acids is 3. The van der Waals surface area contributed by atoms with Crippen molar-refractivity contribution in [2.45, 2.75) is 13.3 Å². The highest BCUT2D eigenvalue weighted by atomic mass is 35.5. The molecule has 2 aromatic carbocycles. The molecule has 8 heteroatoms. The number of nitrogens with one attached hydrogen (secondary N) is 2. The molecule has 0 saturated heterocycles. The topological polar surface area (TPSA) is 93.1 Å². The maximum absolute atomic E-state index is 12.9. The first kappa shape index (κ1) is 18.9. The number of ketones is 1. The Hall–Kier alpha value is -3.45. The van der Waals surface area contributed by atoms with Gasteiger partial charge in [-0.2, -0.15) is 5.10 Å². The van der Waals surface area contributed by atoms with Gasteiger partial charge in [0, 0.05) is 29.5 Å². The average molecular weight is 409 g/mol. The molecule has 0 unspecified atom stereocenters. The lowest BCUT2D eigenvalue weighted by atomic mass is 10.0. The highest BCUT2D eigenvalue weighted by molar-refractivity contribution is 6.33. The van der Waals surface area contributed by atoms with Gasteiger partial charge in [0.05, 0.1) is 17.7 Å². The molecule has 2 N–H and O–H groups in total. The van der Waals surface area contributed by atoms with Crippen LogP contribution in [0.4, 0.5) is 11.4 Å². The number of aryl methyl sites for hydroxylation is 2. The second kappa shape index (κ2) is 7.18. The van der Waals surface area contributed by atoms with Crippen molar-refractivity contribution in [2.24, 2.45) is 7.05 Å². The molecule has 0 spiro atoms. The zero-order valence-corrected chi connectivity index (χ0v) is 16.5. The first-order valence-electron chi connectivity index (χ1n) is 8.91. The third-order valence-corrected chi connectivity index (χ3v) is 5.19. The van der Waals surface area contributed by atoms with E-state index in [-0.39, 0.29) is 16.8 Å². The van der Waals surface area contributed by atoms with E-state index in [1.807, 2.05) is 0 Å². The summed E-state index contributed by atoms with van der Waals surface area (Å²) in [7, 11) is 1.66. The van der Waals surface area contributed by atoms with Crippen molar-refractivity contribution in [3.63, 3.8) is 0 Å². The van der Waals surface area contributed by atoms with Crippen molar-refractivity contribution < 1.29 is 14.4 Å². The van der Waals surface area contributed by atoms with Crippen LogP contribution in [0.15, 0.2) is 42.5 Å². The smallest absolute Gasteiger partial charge is 0.260 e. The van der Waals surface area contributed by atoms with E-state index in [0.29, 0.717) is 40.2 Å². The van der Waals surface area contributed by atoms with E-state index in [0.717, 1.165) is 5.56 Å². The van der Waals surface area contributed by atoms with E-state index in [1.165, 1.54) is 4.68 Å². The van der Waals surface area contributed by atoms with Crippen LogP contribution >= 0.6 is 11.6 Å². The third-order valence-electron chi connectivity index (χ3n) is 4.76. The SMILES string of the molecule is Cc1nn(C)c(Cl)c1C(=O)Nc1cccc(C(=O)c2ccc3c(c2)NC(=O)C3)c1. The minimum atomic E-state index is -0.398. The fourth-order valence-corrected chi connectivity index (χ4v) is 3.60. The van der Waals surface area contributed by atoms with Gasteiger partial charge in [0.2, 0.25) is 5.91 Å². The summed E-state index contributed by atoms with van der Waals surface area (Å²) in [5.74, 6) is -0.690. The van der Waals surface area contributed by atoms with Gasteiger partial charge in [-0.15, -0.1) is 0 Å². The Kier molecular flexibility index (Phi) is 4.68. The molecule has 0 bridgehead atoms. The van der Waals surface area contributed by atoms with Gasteiger partial charge in [0.1, 0.15) is 5.15 Å². The Labute approximate surface area is 171 Å². The van der Waals surface area contributed by atoms with Crippen LogP contribution in [0.25, 0.3) is 0 Å². The van der Waals surface area contributed by atoms with Gasteiger partial charge in [-0.05, 0) is 30.7 Å². The zero-order valence-electron chi connectivity index (χ0n) is 15.7. The molecule has 2 heterocycles. The molecule has 0 aliphatic carbocycles. The normalized spacial score (nSPS) is 12.4. The lowest BCUT2D eigenvalue weighted by molar-refractivity contribution is -0.115. The number of halogens is 1. The molecule has 1 aliphatic rings. The Morgan fingerprint density at radius 1 is 1.17 bits per heavy atom. The monoisotopic (exact) mass is 408 g/mol. The van der Waals surface area contributed by atoms with Gasteiger partial charge < -0.3 is 10.6 Å². The van der Waals surface area contributed by atoms with Crippen molar-refractivity contribution in [3.05, 3.63) is 75.6 Å². The summed E-state index contributed by atoms with van der Waals surface area (Å²) in [4.78, 5) is 37.0. The standard InChI is InChI=1S/C21H17ClN4O3/c1-11-18(20(22)26(2)25-11)21(29)23-15-5-3-4-13(8-15)19(28)14-7-6-12-10-17(27)24-16(12)9-14/h3-9H,10H2,1-2H3,(H,23,29)(H,24,27). The Morgan fingerprint density at radius 3 is 2.66 bits per heavy atom. The first-order valence-corrected chi connectivity index (χ1v) is 9.29. The lowest BCUT2D eigenvalue weighted by Gasteiger charge is -2.08. The Bertz CT molecular complexity index is 1180. The van der Waals surface area contributed by atoms with Gasteiger partial charge in [-0.1, -0.05) is 35.9 Å². The van der Waals surface area contributed by atoms with E-state index < -0.39 is 5.91 Å². The van der Waals surface area contributed by atoms with Crippen LogP contribution in [0.2, 0.25) is 5.15 Å². The molecular formula is C21H17ClN4O3. The van der Waals surface area contributed by atoms with Crippen LogP contribution in [-0.4, -0.2) is 27.4 Å². The second-order valence-corrected chi connectivity index (χ2v) is 7.19. The van der Waals surface area contributed by atoms with Crippen molar-refractivity contribution in [1.29, 1.82) is 0 Å². The van der Waals surface area contributed by atoms with Gasteiger partial charge in [0.15, 0.2) is 5.78 Å². The lowest BCUT2D eigenvalue weighted by Crippen LogP contribution is -2.13. The van der Waals surface area contributed by atoms with Crippen LogP contribution in [0.5, 0.6) is 0 Å². The number of nitrogens with zero attached hydrogens (tertiary/aromatic N) is 2. The van der Waals surface area contributed by atoms with Crippen LogP contribution in [-0.2, 0) is 18.3 Å².